The SMILES string of the molecule is N#Cc1cc(-n2c3ccccc3c3cc(-c4ccc(-c5ccccc5)nc4)ccc32)c(-n2c3ccccc3c3cc(-c4ccc(-c5ccccc5)nc4)ccc32)cc1-c1c(F)cccc1F. The molecule has 0 bridgehead atoms. The van der Waals surface area contributed by atoms with Gasteiger partial charge in [0.1, 0.15) is 11.6 Å². The molecule has 8 aromatic carbocycles. The maximum absolute atomic E-state index is 15.9. The third-order valence-corrected chi connectivity index (χ3v) is 12.6. The molecule has 4 aromatic heterocycles. The largest absolute Gasteiger partial charge is 0.307 e. The van der Waals surface area contributed by atoms with Gasteiger partial charge in [-0.2, -0.15) is 5.26 Å². The fourth-order valence-electron chi connectivity index (χ4n) is 9.50. The highest BCUT2D eigenvalue weighted by Crippen LogP contribution is 2.43. The lowest BCUT2D eigenvalue weighted by molar-refractivity contribution is 0.589. The Hall–Kier alpha value is -8.99. The number of nitriles is 1. The lowest BCUT2D eigenvalue weighted by atomic mass is 9.97. The quantitative estimate of drug-likeness (QED) is 0.160. The van der Waals surface area contributed by atoms with Crippen molar-refractivity contribution < 1.29 is 8.78 Å². The second kappa shape index (κ2) is 15.7. The van der Waals surface area contributed by atoms with Crippen LogP contribution in [0.3, 0.4) is 0 Å². The normalized spacial score (nSPS) is 11.5. The fraction of sp³-hybridized carbons (Fsp3) is 0. The number of rotatable bonds is 7. The highest BCUT2D eigenvalue weighted by Gasteiger charge is 2.25. The highest BCUT2D eigenvalue weighted by molar-refractivity contribution is 6.13. The van der Waals surface area contributed by atoms with Crippen LogP contribution in [-0.4, -0.2) is 19.1 Å². The number of hydrogen-bond donors (Lipinski definition) is 0. The van der Waals surface area contributed by atoms with Gasteiger partial charge in [-0.1, -0.05) is 127 Å². The number of hydrogen-bond acceptors (Lipinski definition) is 3. The van der Waals surface area contributed by atoms with Gasteiger partial charge in [-0.05, 0) is 83.9 Å². The number of fused-ring (bicyclic) bond motifs is 6. The summed E-state index contributed by atoms with van der Waals surface area (Å²) in [5.41, 5.74) is 12.8. The van der Waals surface area contributed by atoms with Gasteiger partial charge in [0.25, 0.3) is 0 Å². The van der Waals surface area contributed by atoms with Gasteiger partial charge in [-0.25, -0.2) is 8.78 Å². The number of para-hydroxylation sites is 2. The number of nitrogens with zero attached hydrogens (tertiary/aromatic N) is 5. The minimum absolute atomic E-state index is 0.138. The Balaban J connectivity index is 1.09. The van der Waals surface area contributed by atoms with Crippen LogP contribution in [0, 0.1) is 23.0 Å². The molecule has 4 heterocycles. The Morgan fingerprint density at radius 2 is 0.818 bits per heavy atom. The number of benzene rings is 8. The van der Waals surface area contributed by atoms with Crippen molar-refractivity contribution in [1.82, 2.24) is 19.1 Å². The monoisotopic (exact) mass is 851 g/mol. The van der Waals surface area contributed by atoms with Crippen molar-refractivity contribution in [3.8, 4) is 73.3 Å². The maximum Gasteiger partial charge on any atom is 0.134 e. The van der Waals surface area contributed by atoms with E-state index in [1.807, 2.05) is 97.3 Å². The molecule has 0 saturated carbocycles. The summed E-state index contributed by atoms with van der Waals surface area (Å²) in [6, 6.07) is 67.2. The molecule has 0 aliphatic rings. The van der Waals surface area contributed by atoms with E-state index in [1.54, 1.807) is 12.1 Å². The van der Waals surface area contributed by atoms with Crippen LogP contribution in [0.2, 0.25) is 0 Å². The average Bonchev–Trinajstić information content (AvgIpc) is 3.89. The smallest absolute Gasteiger partial charge is 0.134 e. The van der Waals surface area contributed by atoms with Crippen molar-refractivity contribution in [3.63, 3.8) is 0 Å². The second-order valence-electron chi connectivity index (χ2n) is 16.4. The zero-order valence-corrected chi connectivity index (χ0v) is 35.2. The number of aromatic nitrogens is 4. The first kappa shape index (κ1) is 38.7. The molecular formula is C59H35F2N5. The molecule has 66 heavy (non-hydrogen) atoms. The molecule has 0 saturated heterocycles. The van der Waals surface area contributed by atoms with E-state index in [9.17, 15) is 5.26 Å². The van der Waals surface area contributed by atoms with Gasteiger partial charge < -0.3 is 9.13 Å². The van der Waals surface area contributed by atoms with E-state index in [0.717, 1.165) is 88.4 Å². The van der Waals surface area contributed by atoms with E-state index < -0.39 is 11.6 Å². The van der Waals surface area contributed by atoms with Crippen molar-refractivity contribution in [3.05, 3.63) is 230 Å². The summed E-state index contributed by atoms with van der Waals surface area (Å²) in [5, 5.41) is 14.8. The molecule has 0 amide bonds. The Morgan fingerprint density at radius 1 is 0.379 bits per heavy atom. The van der Waals surface area contributed by atoms with Crippen molar-refractivity contribution in [2.75, 3.05) is 0 Å². The molecule has 0 atom stereocenters. The van der Waals surface area contributed by atoms with Crippen LogP contribution in [0.1, 0.15) is 5.56 Å². The molecule has 0 aliphatic heterocycles. The Kier molecular flexibility index (Phi) is 9.18. The first-order valence-corrected chi connectivity index (χ1v) is 21.7. The number of pyridine rings is 2. The molecule has 310 valence electrons. The van der Waals surface area contributed by atoms with Crippen LogP contribution in [0.5, 0.6) is 0 Å². The summed E-state index contributed by atoms with van der Waals surface area (Å²) in [7, 11) is 0. The van der Waals surface area contributed by atoms with Gasteiger partial charge in [-0.15, -0.1) is 0 Å². The Morgan fingerprint density at radius 3 is 1.29 bits per heavy atom. The lowest BCUT2D eigenvalue weighted by Gasteiger charge is -2.20. The van der Waals surface area contributed by atoms with E-state index in [0.29, 0.717) is 11.4 Å². The van der Waals surface area contributed by atoms with E-state index in [4.69, 9.17) is 9.97 Å². The van der Waals surface area contributed by atoms with Gasteiger partial charge in [0.2, 0.25) is 0 Å². The minimum Gasteiger partial charge on any atom is -0.307 e. The third-order valence-electron chi connectivity index (χ3n) is 12.6. The molecule has 0 radical (unpaired) electrons. The van der Waals surface area contributed by atoms with Crippen LogP contribution in [0.4, 0.5) is 8.78 Å². The minimum atomic E-state index is -0.750. The summed E-state index contributed by atoms with van der Waals surface area (Å²) in [6.45, 7) is 0. The maximum atomic E-state index is 15.9. The summed E-state index contributed by atoms with van der Waals surface area (Å²) in [6.07, 6.45) is 3.81. The molecule has 12 aromatic rings. The standard InChI is InChI=1S/C59H35F2N5/c60-49-18-11-19-50(61)59(49)46-33-58(66-54-21-10-8-17-45(54)48-31-40(25-29-56(48)66)42-23-27-52(64-36-42)38-14-5-2-6-15-38)57(32-43(46)34-62)65-53-20-9-7-16-44(53)47-30-39(24-28-55(47)65)41-22-26-51(63-35-41)37-12-3-1-4-13-37/h1-33,35-36H. The molecule has 0 N–H and O–H groups in total. The molecule has 7 heteroatoms. The Labute approximate surface area is 378 Å². The van der Waals surface area contributed by atoms with E-state index >= 15 is 8.78 Å². The number of halogens is 2. The van der Waals surface area contributed by atoms with Crippen molar-refractivity contribution in [2.45, 2.75) is 0 Å². The summed E-state index contributed by atoms with van der Waals surface area (Å²) < 4.78 is 36.0. The van der Waals surface area contributed by atoms with Crippen molar-refractivity contribution in [2.24, 2.45) is 0 Å². The molecule has 0 spiro atoms. The molecule has 0 fully saturated rings. The van der Waals surface area contributed by atoms with Gasteiger partial charge in [-0.3, -0.25) is 9.97 Å². The van der Waals surface area contributed by atoms with Crippen molar-refractivity contribution >= 4 is 43.6 Å². The Bertz CT molecular complexity index is 3860. The van der Waals surface area contributed by atoms with Crippen LogP contribution < -0.4 is 0 Å². The lowest BCUT2D eigenvalue weighted by Crippen LogP contribution is -2.06. The van der Waals surface area contributed by atoms with Gasteiger partial charge in [0, 0.05) is 61.8 Å². The van der Waals surface area contributed by atoms with Crippen molar-refractivity contribution in [1.29, 1.82) is 5.26 Å². The highest BCUT2D eigenvalue weighted by atomic mass is 19.1. The molecular weight excluding hydrogens is 817 g/mol. The third kappa shape index (κ3) is 6.35. The van der Waals surface area contributed by atoms with Gasteiger partial charge >= 0.3 is 0 Å². The van der Waals surface area contributed by atoms with Crippen LogP contribution in [0.15, 0.2) is 213 Å². The van der Waals surface area contributed by atoms with Crippen LogP contribution in [0.25, 0.3) is 111 Å². The second-order valence-corrected chi connectivity index (χ2v) is 16.4. The predicted octanol–water partition coefficient (Wildman–Crippen LogP) is 15.2. The van der Waals surface area contributed by atoms with Gasteiger partial charge in [0.15, 0.2) is 0 Å². The topological polar surface area (TPSA) is 59.4 Å². The van der Waals surface area contributed by atoms with Gasteiger partial charge in [0.05, 0.1) is 62.0 Å². The van der Waals surface area contributed by atoms with E-state index in [2.05, 4.69) is 100 Å². The molecule has 0 aliphatic carbocycles. The zero-order valence-electron chi connectivity index (χ0n) is 35.2. The predicted molar refractivity (Wildman–Crippen MR) is 263 cm³/mol. The first-order chi connectivity index (χ1) is 32.5. The summed E-state index contributed by atoms with van der Waals surface area (Å²) >= 11 is 0. The van der Waals surface area contributed by atoms with E-state index in [1.165, 1.54) is 18.2 Å². The molecule has 0 unspecified atom stereocenters. The summed E-state index contributed by atoms with van der Waals surface area (Å²) in [5.74, 6) is -1.50. The fourth-order valence-corrected chi connectivity index (χ4v) is 9.50. The van der Waals surface area contributed by atoms with Crippen LogP contribution in [-0.2, 0) is 0 Å². The zero-order chi connectivity index (χ0) is 44.3. The first-order valence-electron chi connectivity index (χ1n) is 21.7. The molecule has 5 nitrogen and oxygen atoms in total. The summed E-state index contributed by atoms with van der Waals surface area (Å²) in [4.78, 5) is 9.64. The van der Waals surface area contributed by atoms with E-state index in [-0.39, 0.29) is 16.7 Å². The molecule has 12 rings (SSSR count). The van der Waals surface area contributed by atoms with Crippen LogP contribution >= 0.6 is 0 Å². The average molecular weight is 852 g/mol.